The summed E-state index contributed by atoms with van der Waals surface area (Å²) in [5.41, 5.74) is -0.759. The summed E-state index contributed by atoms with van der Waals surface area (Å²) in [6.45, 7) is 1.53. The molecule has 0 fully saturated rings. The topological polar surface area (TPSA) is 110 Å². The first-order valence-electron chi connectivity index (χ1n) is 5.01. The molecule has 0 aliphatic heterocycles. The molecule has 18 heavy (non-hydrogen) atoms. The van der Waals surface area contributed by atoms with E-state index < -0.39 is 16.6 Å². The number of benzene rings is 1. The quantitative estimate of drug-likeness (QED) is 0.362. The summed E-state index contributed by atoms with van der Waals surface area (Å²) in [5, 5.41) is 29.2. The average molecular weight is 253 g/mol. The molecule has 1 aromatic carbocycles. The van der Waals surface area contributed by atoms with Gasteiger partial charge in [0.2, 0.25) is 0 Å². The third-order valence-electron chi connectivity index (χ3n) is 1.99. The predicted octanol–water partition coefficient (Wildman–Crippen LogP) is 1.28. The molecule has 0 amide bonds. The SMILES string of the molecule is CCOC(=O)/C(=C\c1ccc(O)cc1O)[N+](=O)[O-]. The molecule has 2 N–H and O–H groups in total. The van der Waals surface area contributed by atoms with Crippen LogP contribution in [0.5, 0.6) is 11.5 Å². The van der Waals surface area contributed by atoms with Crippen molar-refractivity contribution in [3.63, 3.8) is 0 Å². The van der Waals surface area contributed by atoms with E-state index in [1.807, 2.05) is 0 Å². The first-order chi connectivity index (χ1) is 8.45. The molecule has 0 aliphatic rings. The van der Waals surface area contributed by atoms with Crippen molar-refractivity contribution < 1.29 is 24.7 Å². The largest absolute Gasteiger partial charge is 0.508 e. The highest BCUT2D eigenvalue weighted by Crippen LogP contribution is 2.24. The molecule has 0 saturated carbocycles. The fourth-order valence-corrected chi connectivity index (χ4v) is 1.19. The molecule has 7 nitrogen and oxygen atoms in total. The Hall–Kier alpha value is -2.57. The molecule has 0 aliphatic carbocycles. The van der Waals surface area contributed by atoms with Crippen LogP contribution in [0.25, 0.3) is 6.08 Å². The van der Waals surface area contributed by atoms with Crippen LogP contribution in [0.3, 0.4) is 0 Å². The van der Waals surface area contributed by atoms with E-state index in [4.69, 9.17) is 5.11 Å². The molecule has 1 aromatic rings. The van der Waals surface area contributed by atoms with E-state index in [1.54, 1.807) is 0 Å². The zero-order chi connectivity index (χ0) is 13.7. The number of carbonyl (C=O) groups excluding carboxylic acids is 1. The lowest BCUT2D eigenvalue weighted by Gasteiger charge is -2.01. The van der Waals surface area contributed by atoms with Gasteiger partial charge in [-0.1, -0.05) is 0 Å². The maximum absolute atomic E-state index is 11.3. The Labute approximate surface area is 102 Å². The van der Waals surface area contributed by atoms with Gasteiger partial charge in [-0.25, -0.2) is 4.79 Å². The van der Waals surface area contributed by atoms with Crippen molar-refractivity contribution in [1.29, 1.82) is 0 Å². The second-order valence-electron chi connectivity index (χ2n) is 3.25. The Kier molecular flexibility index (Phi) is 4.25. The first kappa shape index (κ1) is 13.5. The van der Waals surface area contributed by atoms with Gasteiger partial charge in [0, 0.05) is 17.7 Å². The predicted molar refractivity (Wildman–Crippen MR) is 61.4 cm³/mol. The van der Waals surface area contributed by atoms with Crippen molar-refractivity contribution in [1.82, 2.24) is 0 Å². The summed E-state index contributed by atoms with van der Waals surface area (Å²) in [7, 11) is 0. The molecule has 1 rings (SSSR count). The van der Waals surface area contributed by atoms with Gasteiger partial charge in [0.25, 0.3) is 0 Å². The summed E-state index contributed by atoms with van der Waals surface area (Å²) in [5.74, 6) is -1.66. The number of esters is 1. The molecular formula is C11H11NO6. The molecule has 96 valence electrons. The summed E-state index contributed by atoms with van der Waals surface area (Å²) >= 11 is 0. The van der Waals surface area contributed by atoms with Gasteiger partial charge in [0.05, 0.1) is 11.5 Å². The van der Waals surface area contributed by atoms with E-state index >= 15 is 0 Å². The van der Waals surface area contributed by atoms with Gasteiger partial charge in [0.1, 0.15) is 11.5 Å². The number of rotatable bonds is 4. The normalized spacial score (nSPS) is 11.1. The van der Waals surface area contributed by atoms with E-state index in [1.165, 1.54) is 19.1 Å². The summed E-state index contributed by atoms with van der Waals surface area (Å²) < 4.78 is 4.52. The van der Waals surface area contributed by atoms with Crippen molar-refractivity contribution >= 4 is 12.0 Å². The molecule has 0 bridgehead atoms. The minimum absolute atomic E-state index is 0.00553. The van der Waals surface area contributed by atoms with Crippen molar-refractivity contribution in [2.75, 3.05) is 6.61 Å². The van der Waals surface area contributed by atoms with Crippen LogP contribution in [0.1, 0.15) is 12.5 Å². The van der Waals surface area contributed by atoms with Crippen molar-refractivity contribution in [3.8, 4) is 11.5 Å². The highest BCUT2D eigenvalue weighted by atomic mass is 16.6. The Morgan fingerprint density at radius 3 is 2.67 bits per heavy atom. The molecule has 0 atom stereocenters. The lowest BCUT2D eigenvalue weighted by Crippen LogP contribution is -2.14. The van der Waals surface area contributed by atoms with Crippen molar-refractivity contribution in [3.05, 3.63) is 39.6 Å². The number of ether oxygens (including phenoxy) is 1. The number of phenolic OH excluding ortho intramolecular Hbond substituents is 2. The molecular weight excluding hydrogens is 242 g/mol. The summed E-state index contributed by atoms with van der Waals surface area (Å²) in [6, 6.07) is 3.48. The number of hydrogen-bond acceptors (Lipinski definition) is 6. The fraction of sp³-hybridized carbons (Fsp3) is 0.182. The first-order valence-corrected chi connectivity index (χ1v) is 5.01. The van der Waals surface area contributed by atoms with Gasteiger partial charge in [-0.15, -0.1) is 0 Å². The van der Waals surface area contributed by atoms with Gasteiger partial charge in [0.15, 0.2) is 0 Å². The third-order valence-corrected chi connectivity index (χ3v) is 1.99. The van der Waals surface area contributed by atoms with Crippen LogP contribution in [0.15, 0.2) is 23.9 Å². The minimum Gasteiger partial charge on any atom is -0.508 e. The smallest absolute Gasteiger partial charge is 0.409 e. The van der Waals surface area contributed by atoms with Gasteiger partial charge < -0.3 is 14.9 Å². The van der Waals surface area contributed by atoms with Gasteiger partial charge in [-0.3, -0.25) is 10.1 Å². The monoisotopic (exact) mass is 253 g/mol. The fourth-order valence-electron chi connectivity index (χ4n) is 1.19. The molecule has 0 radical (unpaired) electrons. The number of nitro groups is 1. The Bertz CT molecular complexity index is 508. The van der Waals surface area contributed by atoms with Crippen LogP contribution in [0, 0.1) is 10.1 Å². The maximum Gasteiger partial charge on any atom is 0.409 e. The second-order valence-corrected chi connectivity index (χ2v) is 3.25. The van der Waals surface area contributed by atoms with Crippen LogP contribution in [-0.2, 0) is 9.53 Å². The van der Waals surface area contributed by atoms with Crippen LogP contribution in [0.2, 0.25) is 0 Å². The van der Waals surface area contributed by atoms with Crippen molar-refractivity contribution in [2.24, 2.45) is 0 Å². The lowest BCUT2D eigenvalue weighted by atomic mass is 10.1. The molecule has 0 saturated heterocycles. The molecule has 0 heterocycles. The number of carbonyl (C=O) groups is 1. The van der Waals surface area contributed by atoms with E-state index in [2.05, 4.69) is 4.74 Å². The number of hydrogen-bond donors (Lipinski definition) is 2. The number of phenols is 2. The number of nitrogens with zero attached hydrogens (tertiary/aromatic N) is 1. The van der Waals surface area contributed by atoms with Crippen LogP contribution in [-0.4, -0.2) is 27.7 Å². The average Bonchev–Trinajstić information content (AvgIpc) is 2.27. The molecule has 0 aromatic heterocycles. The standard InChI is InChI=1S/C11H11NO6/c1-2-18-11(15)9(12(16)17)5-7-3-4-8(13)6-10(7)14/h3-6,13-14H,2H2,1H3/b9-5+. The van der Waals surface area contributed by atoms with Gasteiger partial charge in [-0.05, 0) is 19.1 Å². The Morgan fingerprint density at radius 2 is 2.17 bits per heavy atom. The highest BCUT2D eigenvalue weighted by molar-refractivity contribution is 5.91. The van der Waals surface area contributed by atoms with Crippen LogP contribution in [0.4, 0.5) is 0 Å². The number of aromatic hydroxyl groups is 2. The van der Waals surface area contributed by atoms with Crippen LogP contribution < -0.4 is 0 Å². The Morgan fingerprint density at radius 1 is 1.50 bits per heavy atom. The van der Waals surface area contributed by atoms with E-state index in [0.29, 0.717) is 0 Å². The second kappa shape index (κ2) is 5.67. The van der Waals surface area contributed by atoms with Gasteiger partial charge in [-0.2, -0.15) is 0 Å². The van der Waals surface area contributed by atoms with E-state index in [9.17, 15) is 20.0 Å². The molecule has 0 spiro atoms. The zero-order valence-electron chi connectivity index (χ0n) is 9.49. The van der Waals surface area contributed by atoms with E-state index in [0.717, 1.165) is 12.1 Å². The lowest BCUT2D eigenvalue weighted by molar-refractivity contribution is -0.419. The summed E-state index contributed by atoms with van der Waals surface area (Å²) in [6.07, 6.45) is 0.882. The van der Waals surface area contributed by atoms with Crippen molar-refractivity contribution in [2.45, 2.75) is 6.92 Å². The van der Waals surface area contributed by atoms with Gasteiger partial charge >= 0.3 is 11.7 Å². The molecule has 0 unspecified atom stereocenters. The molecule has 7 heteroatoms. The zero-order valence-corrected chi connectivity index (χ0v) is 9.49. The van der Waals surface area contributed by atoms with E-state index in [-0.39, 0.29) is 23.7 Å². The Balaban J connectivity index is 3.16. The third kappa shape index (κ3) is 3.21. The summed E-state index contributed by atoms with van der Waals surface area (Å²) in [4.78, 5) is 21.1. The minimum atomic E-state index is -1.09. The van der Waals surface area contributed by atoms with Crippen LogP contribution >= 0.6 is 0 Å². The maximum atomic E-state index is 11.3. The highest BCUT2D eigenvalue weighted by Gasteiger charge is 2.23.